The maximum absolute atomic E-state index is 6.14. The number of nitrogens with one attached hydrogen (secondary N) is 2. The quantitative estimate of drug-likeness (QED) is 0.396. The van der Waals surface area contributed by atoms with Crippen molar-refractivity contribution in [2.24, 2.45) is 5.10 Å². The van der Waals surface area contributed by atoms with Gasteiger partial charge < -0.3 is 0 Å². The van der Waals surface area contributed by atoms with E-state index in [-0.39, 0.29) is 0 Å². The summed E-state index contributed by atoms with van der Waals surface area (Å²) in [5, 5.41) is 12.6. The topological polar surface area (TPSA) is 78.9 Å². The lowest BCUT2D eigenvalue weighted by molar-refractivity contribution is 0.972. The van der Waals surface area contributed by atoms with Crippen LogP contribution in [-0.4, -0.2) is 25.9 Å². The Balaban J connectivity index is 1.59. The molecule has 0 aliphatic heterocycles. The molecule has 0 saturated carbocycles. The number of anilines is 1. The highest BCUT2D eigenvalue weighted by Gasteiger charge is 2.06. The third-order valence-electron chi connectivity index (χ3n) is 3.14. The van der Waals surface area contributed by atoms with Crippen LogP contribution >= 0.6 is 23.4 Å². The predicted molar refractivity (Wildman–Crippen MR) is 97.5 cm³/mol. The van der Waals surface area contributed by atoms with E-state index in [4.69, 9.17) is 11.6 Å². The minimum absolute atomic E-state index is 0.479. The minimum Gasteiger partial charge on any atom is -0.255 e. The predicted octanol–water partition coefficient (Wildman–Crippen LogP) is 3.98. The molecule has 0 radical (unpaired) electrons. The maximum Gasteiger partial charge on any atom is 0.240 e. The van der Waals surface area contributed by atoms with E-state index in [1.165, 1.54) is 11.8 Å². The number of hydrazone groups is 1. The van der Waals surface area contributed by atoms with Crippen molar-refractivity contribution in [2.45, 2.75) is 17.8 Å². The van der Waals surface area contributed by atoms with Gasteiger partial charge in [-0.05, 0) is 30.7 Å². The van der Waals surface area contributed by atoms with Gasteiger partial charge in [0.2, 0.25) is 11.1 Å². The maximum atomic E-state index is 6.14. The van der Waals surface area contributed by atoms with Crippen LogP contribution in [0, 0.1) is 0 Å². The number of benzene rings is 1. The Morgan fingerprint density at radius 1 is 1.25 bits per heavy atom. The Bertz CT molecular complexity index is 833. The molecule has 0 aliphatic carbocycles. The van der Waals surface area contributed by atoms with Gasteiger partial charge in [-0.2, -0.15) is 10.1 Å². The lowest BCUT2D eigenvalue weighted by atomic mass is 10.2. The van der Waals surface area contributed by atoms with Crippen LogP contribution in [0.1, 0.15) is 18.2 Å². The van der Waals surface area contributed by atoms with Crippen LogP contribution in [0.25, 0.3) is 0 Å². The average Bonchev–Trinajstić information content (AvgIpc) is 3.08. The van der Waals surface area contributed by atoms with Crippen molar-refractivity contribution < 1.29 is 0 Å². The van der Waals surface area contributed by atoms with Crippen molar-refractivity contribution in [1.29, 1.82) is 0 Å². The number of thioether (sulfide) groups is 1. The molecule has 3 rings (SSSR count). The summed E-state index contributed by atoms with van der Waals surface area (Å²) in [6.45, 7) is 1.87. The number of aromatic amines is 1. The van der Waals surface area contributed by atoms with Gasteiger partial charge in [-0.15, -0.1) is 5.10 Å². The Labute approximate surface area is 148 Å². The highest BCUT2D eigenvalue weighted by molar-refractivity contribution is 7.98. The molecule has 0 bridgehead atoms. The third-order valence-corrected chi connectivity index (χ3v) is 4.41. The number of H-pyrrole nitrogens is 1. The normalized spacial score (nSPS) is 11.5. The molecule has 3 aromatic rings. The highest BCUT2D eigenvalue weighted by Crippen LogP contribution is 2.24. The zero-order valence-electron chi connectivity index (χ0n) is 12.9. The van der Waals surface area contributed by atoms with Crippen LogP contribution in [0.2, 0.25) is 5.02 Å². The van der Waals surface area contributed by atoms with Crippen molar-refractivity contribution >= 4 is 35.0 Å². The molecule has 2 heterocycles. The second-order valence-corrected chi connectivity index (χ2v) is 6.22. The monoisotopic (exact) mass is 358 g/mol. The number of halogens is 1. The Morgan fingerprint density at radius 2 is 2.08 bits per heavy atom. The molecule has 0 fully saturated rings. The van der Waals surface area contributed by atoms with E-state index in [1.54, 1.807) is 6.20 Å². The number of hydrogen-bond donors (Lipinski definition) is 2. The molecular weight excluding hydrogens is 344 g/mol. The molecule has 6 nitrogen and oxygen atoms in total. The van der Waals surface area contributed by atoms with Crippen molar-refractivity contribution in [2.75, 3.05) is 5.43 Å². The molecule has 2 N–H and O–H groups in total. The Kier molecular flexibility index (Phi) is 5.45. The van der Waals surface area contributed by atoms with E-state index < -0.39 is 0 Å². The first-order valence-electron chi connectivity index (χ1n) is 7.22. The van der Waals surface area contributed by atoms with Crippen molar-refractivity contribution in [3.8, 4) is 0 Å². The molecule has 0 atom stereocenters. The van der Waals surface area contributed by atoms with Gasteiger partial charge in [0.1, 0.15) is 0 Å². The Morgan fingerprint density at radius 3 is 2.88 bits per heavy atom. The summed E-state index contributed by atoms with van der Waals surface area (Å²) < 4.78 is 0. The first-order valence-corrected chi connectivity index (χ1v) is 8.59. The van der Waals surface area contributed by atoms with Crippen molar-refractivity contribution in [3.63, 3.8) is 0 Å². The highest BCUT2D eigenvalue weighted by atomic mass is 35.5. The summed E-state index contributed by atoms with van der Waals surface area (Å²) in [5.74, 6) is 1.18. The van der Waals surface area contributed by atoms with Gasteiger partial charge in [0.15, 0.2) is 0 Å². The molecule has 0 amide bonds. The molecule has 122 valence electrons. The van der Waals surface area contributed by atoms with Gasteiger partial charge in [0.25, 0.3) is 0 Å². The zero-order chi connectivity index (χ0) is 16.8. The van der Waals surface area contributed by atoms with Crippen LogP contribution < -0.4 is 5.43 Å². The van der Waals surface area contributed by atoms with Crippen LogP contribution in [-0.2, 0) is 5.75 Å². The first kappa shape index (κ1) is 16.5. The van der Waals surface area contributed by atoms with E-state index in [1.807, 2.05) is 49.4 Å². The molecule has 2 aromatic heterocycles. The van der Waals surface area contributed by atoms with E-state index in [9.17, 15) is 0 Å². The van der Waals surface area contributed by atoms with Crippen LogP contribution in [0.3, 0.4) is 0 Å². The van der Waals surface area contributed by atoms with E-state index in [2.05, 4.69) is 30.7 Å². The Hall–Kier alpha value is -2.38. The van der Waals surface area contributed by atoms with E-state index >= 15 is 0 Å². The van der Waals surface area contributed by atoms with Gasteiger partial charge >= 0.3 is 0 Å². The fraction of sp³-hybridized carbons (Fsp3) is 0.125. The summed E-state index contributed by atoms with van der Waals surface area (Å²) in [6, 6.07) is 13.4. The standard InChI is InChI=1S/C16H15ClN6S/c1-11(14-8-4-5-9-18-14)20-21-15-19-16(23-22-15)24-10-12-6-2-3-7-13(12)17/h2-9H,10H2,1H3,(H2,19,21,22,23)/b20-11+. The minimum atomic E-state index is 0.479. The zero-order valence-corrected chi connectivity index (χ0v) is 14.5. The van der Waals surface area contributed by atoms with Crippen molar-refractivity contribution in [1.82, 2.24) is 20.2 Å². The number of nitrogens with zero attached hydrogens (tertiary/aromatic N) is 4. The fourth-order valence-corrected chi connectivity index (χ4v) is 2.97. The fourth-order valence-electron chi connectivity index (χ4n) is 1.89. The van der Waals surface area contributed by atoms with Gasteiger partial charge in [-0.3, -0.25) is 4.98 Å². The molecular formula is C16H15ClN6S. The largest absolute Gasteiger partial charge is 0.255 e. The molecule has 0 unspecified atom stereocenters. The summed E-state index contributed by atoms with van der Waals surface area (Å²) in [4.78, 5) is 8.57. The molecule has 8 heteroatoms. The third kappa shape index (κ3) is 4.33. The molecule has 1 aromatic carbocycles. The summed E-state index contributed by atoms with van der Waals surface area (Å²) in [7, 11) is 0. The van der Waals surface area contributed by atoms with Gasteiger partial charge in [0, 0.05) is 17.0 Å². The SMILES string of the molecule is C/C(=N\Nc1nc(SCc2ccccc2Cl)n[nH]1)c1ccccn1. The average molecular weight is 359 g/mol. The molecule has 0 saturated heterocycles. The molecule has 0 aliphatic rings. The van der Waals surface area contributed by atoms with Gasteiger partial charge in [-0.25, -0.2) is 10.5 Å². The second-order valence-electron chi connectivity index (χ2n) is 4.87. The summed E-state index contributed by atoms with van der Waals surface area (Å²) in [6.07, 6.45) is 1.73. The second kappa shape index (κ2) is 7.94. The van der Waals surface area contributed by atoms with Gasteiger partial charge in [-0.1, -0.05) is 47.6 Å². The lowest BCUT2D eigenvalue weighted by Gasteiger charge is -2.00. The van der Waals surface area contributed by atoms with Crippen LogP contribution in [0.15, 0.2) is 58.9 Å². The summed E-state index contributed by atoms with van der Waals surface area (Å²) in [5.41, 5.74) is 5.47. The lowest BCUT2D eigenvalue weighted by Crippen LogP contribution is -2.02. The van der Waals surface area contributed by atoms with Crippen LogP contribution in [0.5, 0.6) is 0 Å². The van der Waals surface area contributed by atoms with Gasteiger partial charge in [0.05, 0.1) is 11.4 Å². The first-order chi connectivity index (χ1) is 11.7. The molecule has 24 heavy (non-hydrogen) atoms. The number of rotatable bonds is 6. The van der Waals surface area contributed by atoms with E-state index in [0.29, 0.717) is 16.9 Å². The van der Waals surface area contributed by atoms with Crippen molar-refractivity contribution in [3.05, 3.63) is 64.9 Å². The smallest absolute Gasteiger partial charge is 0.240 e. The number of pyridine rings is 1. The van der Waals surface area contributed by atoms with E-state index in [0.717, 1.165) is 22.0 Å². The number of aromatic nitrogens is 4. The number of hydrogen-bond acceptors (Lipinski definition) is 6. The molecule has 0 spiro atoms. The summed E-state index contributed by atoms with van der Waals surface area (Å²) >= 11 is 7.64. The van der Waals surface area contributed by atoms with Crippen LogP contribution in [0.4, 0.5) is 5.95 Å².